The lowest BCUT2D eigenvalue weighted by atomic mass is 10.2. The highest BCUT2D eigenvalue weighted by atomic mass is 32.2. The molecule has 0 aliphatic carbocycles. The molecule has 6 heteroatoms. The first-order valence-electron chi connectivity index (χ1n) is 5.38. The van der Waals surface area contributed by atoms with Gasteiger partial charge in [0.2, 0.25) is 0 Å². The molecule has 17 heavy (non-hydrogen) atoms. The largest absolute Gasteiger partial charge is 0.468 e. The maximum Gasteiger partial charge on any atom is 0.407 e. The number of thioether (sulfide) groups is 1. The summed E-state index contributed by atoms with van der Waals surface area (Å²) in [5.41, 5.74) is -0.497. The number of esters is 1. The van der Waals surface area contributed by atoms with Crippen LogP contribution in [0.2, 0.25) is 0 Å². The van der Waals surface area contributed by atoms with Gasteiger partial charge in [-0.2, -0.15) is 0 Å². The first kappa shape index (κ1) is 16.1. The van der Waals surface area contributed by atoms with Crippen LogP contribution in [-0.2, 0) is 14.3 Å². The smallest absolute Gasteiger partial charge is 0.407 e. The highest BCUT2D eigenvalue weighted by molar-refractivity contribution is 7.99. The van der Waals surface area contributed by atoms with E-state index in [2.05, 4.69) is 10.1 Å². The molecule has 0 saturated carbocycles. The van der Waals surface area contributed by atoms with E-state index in [9.17, 15) is 9.59 Å². The zero-order valence-corrected chi connectivity index (χ0v) is 11.8. The molecular formula is C11H21NO4S. The average molecular weight is 263 g/mol. The van der Waals surface area contributed by atoms with Crippen molar-refractivity contribution in [3.05, 3.63) is 0 Å². The summed E-state index contributed by atoms with van der Waals surface area (Å²) in [6, 6.07) is -0.0560. The van der Waals surface area contributed by atoms with E-state index >= 15 is 0 Å². The lowest BCUT2D eigenvalue weighted by Crippen LogP contribution is -2.38. The normalized spacial score (nSPS) is 12.8. The molecule has 0 radical (unpaired) electrons. The van der Waals surface area contributed by atoms with E-state index in [1.54, 1.807) is 0 Å². The van der Waals surface area contributed by atoms with Gasteiger partial charge >= 0.3 is 12.1 Å². The molecule has 0 fully saturated rings. The average Bonchev–Trinajstić information content (AvgIpc) is 2.13. The van der Waals surface area contributed by atoms with Crippen molar-refractivity contribution in [2.45, 2.75) is 39.3 Å². The maximum absolute atomic E-state index is 11.4. The Kier molecular flexibility index (Phi) is 7.03. The zero-order valence-electron chi connectivity index (χ0n) is 11.0. The fourth-order valence-electron chi connectivity index (χ4n) is 0.928. The van der Waals surface area contributed by atoms with E-state index in [1.807, 2.05) is 27.7 Å². The number of ether oxygens (including phenoxy) is 2. The molecule has 0 saturated heterocycles. The van der Waals surface area contributed by atoms with Crippen molar-refractivity contribution in [1.82, 2.24) is 5.32 Å². The Labute approximate surface area is 107 Å². The molecule has 0 aliphatic rings. The summed E-state index contributed by atoms with van der Waals surface area (Å²) in [5.74, 6) is 0.657. The minimum Gasteiger partial charge on any atom is -0.468 e. The third kappa shape index (κ3) is 9.99. The van der Waals surface area contributed by atoms with Crippen molar-refractivity contribution in [2.75, 3.05) is 18.6 Å². The SMILES string of the molecule is COC(=O)CSC[C@H](C)NC(=O)OC(C)(C)C. The van der Waals surface area contributed by atoms with Crippen LogP contribution in [0.5, 0.6) is 0 Å². The Morgan fingerprint density at radius 1 is 1.35 bits per heavy atom. The second-order valence-electron chi connectivity index (χ2n) is 4.64. The Bertz CT molecular complexity index is 263. The predicted octanol–water partition coefficient (Wildman–Crippen LogP) is 1.81. The van der Waals surface area contributed by atoms with Gasteiger partial charge in [-0.1, -0.05) is 0 Å². The summed E-state index contributed by atoms with van der Waals surface area (Å²) in [5, 5.41) is 2.69. The predicted molar refractivity (Wildman–Crippen MR) is 68.2 cm³/mol. The number of hydrogen-bond acceptors (Lipinski definition) is 5. The second kappa shape index (κ2) is 7.42. The topological polar surface area (TPSA) is 64.6 Å². The van der Waals surface area contributed by atoms with Gasteiger partial charge in [-0.05, 0) is 27.7 Å². The number of amides is 1. The van der Waals surface area contributed by atoms with Gasteiger partial charge in [0, 0.05) is 11.8 Å². The van der Waals surface area contributed by atoms with E-state index in [4.69, 9.17) is 4.74 Å². The van der Waals surface area contributed by atoms with Gasteiger partial charge in [-0.25, -0.2) is 4.79 Å². The van der Waals surface area contributed by atoms with Crippen LogP contribution in [0.3, 0.4) is 0 Å². The van der Waals surface area contributed by atoms with Crippen LogP contribution >= 0.6 is 11.8 Å². The van der Waals surface area contributed by atoms with Crippen LogP contribution in [0.1, 0.15) is 27.7 Å². The van der Waals surface area contributed by atoms with Crippen LogP contribution in [-0.4, -0.2) is 42.3 Å². The Hall–Kier alpha value is -0.910. The molecule has 5 nitrogen and oxygen atoms in total. The zero-order chi connectivity index (χ0) is 13.5. The lowest BCUT2D eigenvalue weighted by Gasteiger charge is -2.21. The van der Waals surface area contributed by atoms with Gasteiger partial charge in [0.05, 0.1) is 12.9 Å². The van der Waals surface area contributed by atoms with Gasteiger partial charge in [-0.3, -0.25) is 4.79 Å². The second-order valence-corrected chi connectivity index (χ2v) is 5.67. The van der Waals surface area contributed by atoms with Gasteiger partial charge in [-0.15, -0.1) is 11.8 Å². The van der Waals surface area contributed by atoms with Gasteiger partial charge < -0.3 is 14.8 Å². The van der Waals surface area contributed by atoms with Crippen LogP contribution in [0.4, 0.5) is 4.79 Å². The third-order valence-electron chi connectivity index (χ3n) is 1.58. The fraction of sp³-hybridized carbons (Fsp3) is 0.818. The first-order valence-corrected chi connectivity index (χ1v) is 6.54. The minimum absolute atomic E-state index is 0.0560. The van der Waals surface area contributed by atoms with Crippen LogP contribution < -0.4 is 5.32 Å². The molecule has 0 aliphatic heterocycles. The third-order valence-corrected chi connectivity index (χ3v) is 2.75. The van der Waals surface area contributed by atoms with E-state index in [1.165, 1.54) is 18.9 Å². The van der Waals surface area contributed by atoms with E-state index in [0.29, 0.717) is 5.75 Å². The highest BCUT2D eigenvalue weighted by Crippen LogP contribution is 2.08. The molecular weight excluding hydrogens is 242 g/mol. The molecule has 1 atom stereocenters. The van der Waals surface area contributed by atoms with Crippen LogP contribution in [0.25, 0.3) is 0 Å². The summed E-state index contributed by atoms with van der Waals surface area (Å²) < 4.78 is 9.61. The van der Waals surface area contributed by atoms with Crippen molar-refractivity contribution in [3.8, 4) is 0 Å². The number of carbonyl (C=O) groups excluding carboxylic acids is 2. The van der Waals surface area contributed by atoms with Gasteiger partial charge in [0.1, 0.15) is 5.60 Å². The Morgan fingerprint density at radius 3 is 2.41 bits per heavy atom. The number of hydrogen-bond donors (Lipinski definition) is 1. The monoisotopic (exact) mass is 263 g/mol. The molecule has 0 unspecified atom stereocenters. The highest BCUT2D eigenvalue weighted by Gasteiger charge is 2.17. The summed E-state index contributed by atoms with van der Waals surface area (Å²) in [7, 11) is 1.35. The molecule has 1 N–H and O–H groups in total. The summed E-state index contributed by atoms with van der Waals surface area (Å²) in [6.45, 7) is 7.28. The summed E-state index contributed by atoms with van der Waals surface area (Å²) in [4.78, 5) is 22.2. The maximum atomic E-state index is 11.4. The molecule has 0 heterocycles. The summed E-state index contributed by atoms with van der Waals surface area (Å²) >= 11 is 1.41. The molecule has 0 aromatic rings. The van der Waals surface area contributed by atoms with Gasteiger partial charge in [0.15, 0.2) is 0 Å². The number of nitrogens with one attached hydrogen (secondary N) is 1. The van der Waals surface area contributed by atoms with E-state index in [-0.39, 0.29) is 17.8 Å². The quantitative estimate of drug-likeness (QED) is 0.766. The molecule has 0 bridgehead atoms. The first-order chi connectivity index (χ1) is 7.74. The van der Waals surface area contributed by atoms with E-state index in [0.717, 1.165) is 0 Å². The number of alkyl carbamates (subject to hydrolysis) is 1. The van der Waals surface area contributed by atoms with Crippen molar-refractivity contribution >= 4 is 23.8 Å². The molecule has 0 aromatic heterocycles. The van der Waals surface area contributed by atoms with Crippen LogP contribution in [0, 0.1) is 0 Å². The fourth-order valence-corrected chi connectivity index (χ4v) is 1.77. The lowest BCUT2D eigenvalue weighted by molar-refractivity contribution is -0.137. The van der Waals surface area contributed by atoms with Crippen molar-refractivity contribution in [2.24, 2.45) is 0 Å². The minimum atomic E-state index is -0.497. The molecule has 0 rings (SSSR count). The summed E-state index contributed by atoms with van der Waals surface area (Å²) in [6.07, 6.45) is -0.441. The van der Waals surface area contributed by atoms with E-state index < -0.39 is 11.7 Å². The number of methoxy groups -OCH3 is 1. The molecule has 0 aromatic carbocycles. The standard InChI is InChI=1S/C11H21NO4S/c1-8(6-17-7-9(13)15-5)12-10(14)16-11(2,3)4/h8H,6-7H2,1-5H3,(H,12,14)/t8-/m0/s1. The van der Waals surface area contributed by atoms with Crippen LogP contribution in [0.15, 0.2) is 0 Å². The number of carbonyl (C=O) groups is 2. The molecule has 100 valence electrons. The number of rotatable bonds is 5. The van der Waals surface area contributed by atoms with Crippen molar-refractivity contribution < 1.29 is 19.1 Å². The molecule has 0 spiro atoms. The Balaban J connectivity index is 3.75. The van der Waals surface area contributed by atoms with Gasteiger partial charge in [0.25, 0.3) is 0 Å². The molecule has 1 amide bonds. The van der Waals surface area contributed by atoms with Crippen molar-refractivity contribution in [3.63, 3.8) is 0 Å². The van der Waals surface area contributed by atoms with Crippen molar-refractivity contribution in [1.29, 1.82) is 0 Å². The Morgan fingerprint density at radius 2 is 1.94 bits per heavy atom.